The van der Waals surface area contributed by atoms with E-state index in [4.69, 9.17) is 4.42 Å². The molecule has 8 nitrogen and oxygen atoms in total. The Morgan fingerprint density at radius 1 is 1.32 bits per heavy atom. The summed E-state index contributed by atoms with van der Waals surface area (Å²) in [5.41, 5.74) is 3.74. The highest BCUT2D eigenvalue weighted by atomic mass is 16.3. The Balaban J connectivity index is 1.36. The van der Waals surface area contributed by atoms with Gasteiger partial charge in [0.15, 0.2) is 0 Å². The van der Waals surface area contributed by atoms with Crippen molar-refractivity contribution in [1.82, 2.24) is 25.6 Å². The summed E-state index contributed by atoms with van der Waals surface area (Å²) in [5, 5.41) is 14.9. The molecule has 1 aromatic carbocycles. The first kappa shape index (κ1) is 15.3. The van der Waals surface area contributed by atoms with Gasteiger partial charge in [-0.2, -0.15) is 5.10 Å². The number of hydrogen-bond donors (Lipinski definition) is 1. The molecule has 1 fully saturated rings. The van der Waals surface area contributed by atoms with Crippen molar-refractivity contribution in [1.29, 1.82) is 0 Å². The van der Waals surface area contributed by atoms with Crippen molar-refractivity contribution < 1.29 is 9.21 Å². The molecular formula is C17H16N6O2. The van der Waals surface area contributed by atoms with Crippen LogP contribution in [0.15, 0.2) is 52.2 Å². The van der Waals surface area contributed by atoms with Crippen molar-refractivity contribution in [2.45, 2.75) is 19.3 Å². The van der Waals surface area contributed by atoms with Crippen LogP contribution < -0.4 is 5.43 Å². The van der Waals surface area contributed by atoms with E-state index in [1.807, 2.05) is 12.1 Å². The average Bonchev–Trinajstić information content (AvgIpc) is 3.06. The molecule has 2 heterocycles. The summed E-state index contributed by atoms with van der Waals surface area (Å²) in [6, 6.07) is 10.7. The number of aromatic nitrogens is 4. The zero-order valence-corrected chi connectivity index (χ0v) is 13.5. The largest absolute Gasteiger partial charge is 0.460 e. The molecule has 0 unspecified atom stereocenters. The molecule has 3 aromatic rings. The second kappa shape index (κ2) is 6.31. The maximum atomic E-state index is 12.1. The Kier molecular flexibility index (Phi) is 3.85. The van der Waals surface area contributed by atoms with Crippen LogP contribution in [-0.4, -0.2) is 32.3 Å². The van der Waals surface area contributed by atoms with Gasteiger partial charge in [-0.3, -0.25) is 4.79 Å². The summed E-state index contributed by atoms with van der Waals surface area (Å²) in [6.07, 6.45) is 4.16. The zero-order chi connectivity index (χ0) is 17.2. The van der Waals surface area contributed by atoms with Crippen LogP contribution in [0.5, 0.6) is 0 Å². The first-order chi connectivity index (χ1) is 12.2. The molecule has 25 heavy (non-hydrogen) atoms. The fourth-order valence-electron chi connectivity index (χ4n) is 2.62. The summed E-state index contributed by atoms with van der Waals surface area (Å²) in [7, 11) is 0. The molecule has 0 bridgehead atoms. The number of carbonyl (C=O) groups is 1. The summed E-state index contributed by atoms with van der Waals surface area (Å²) in [4.78, 5) is 12.1. The van der Waals surface area contributed by atoms with E-state index in [9.17, 15) is 4.79 Å². The van der Waals surface area contributed by atoms with E-state index in [-0.39, 0.29) is 5.91 Å². The topological polar surface area (TPSA) is 98.2 Å². The molecule has 0 spiro atoms. The third kappa shape index (κ3) is 3.32. The third-order valence-electron chi connectivity index (χ3n) is 4.22. The fourth-order valence-corrected chi connectivity index (χ4v) is 2.62. The molecule has 126 valence electrons. The maximum Gasteiger partial charge on any atom is 0.271 e. The lowest BCUT2D eigenvalue weighted by Crippen LogP contribution is -2.17. The quantitative estimate of drug-likeness (QED) is 0.568. The number of carbonyl (C=O) groups excluding carboxylic acids is 1. The number of furan rings is 1. The van der Waals surface area contributed by atoms with Gasteiger partial charge in [0.1, 0.15) is 17.8 Å². The van der Waals surface area contributed by atoms with Gasteiger partial charge in [-0.15, -0.1) is 5.10 Å². The number of amides is 1. The molecule has 4 rings (SSSR count). The van der Waals surface area contributed by atoms with Gasteiger partial charge >= 0.3 is 0 Å². The van der Waals surface area contributed by atoms with E-state index < -0.39 is 0 Å². The predicted octanol–water partition coefficient (Wildman–Crippen LogP) is 2.14. The van der Waals surface area contributed by atoms with Crippen LogP contribution in [0.4, 0.5) is 0 Å². The molecule has 1 amide bonds. The number of rotatable bonds is 5. The number of hydrogen-bond acceptors (Lipinski definition) is 6. The van der Waals surface area contributed by atoms with Crippen LogP contribution >= 0.6 is 0 Å². The SMILES string of the molecule is C[C@H]1C[C@H]1c1ccc(/C=N\NC(=O)c2ccc(-n3cnnn3)cc2)o1. The van der Waals surface area contributed by atoms with Crippen molar-refractivity contribution in [3.8, 4) is 5.69 Å². The van der Waals surface area contributed by atoms with Gasteiger partial charge in [0.25, 0.3) is 5.91 Å². The van der Waals surface area contributed by atoms with Crippen LogP contribution in [0.2, 0.25) is 0 Å². The highest BCUT2D eigenvalue weighted by molar-refractivity contribution is 5.94. The molecule has 0 radical (unpaired) electrons. The molecule has 8 heteroatoms. The lowest BCUT2D eigenvalue weighted by atomic mass is 10.2. The van der Waals surface area contributed by atoms with Gasteiger partial charge in [0.2, 0.25) is 0 Å². The first-order valence-electron chi connectivity index (χ1n) is 7.97. The molecule has 1 aliphatic rings. The second-order valence-corrected chi connectivity index (χ2v) is 6.06. The molecular weight excluding hydrogens is 320 g/mol. The van der Waals surface area contributed by atoms with Gasteiger partial charge < -0.3 is 4.42 Å². The van der Waals surface area contributed by atoms with Gasteiger partial charge in [-0.05, 0) is 59.2 Å². The summed E-state index contributed by atoms with van der Waals surface area (Å²) in [5.74, 6) is 2.52. The van der Waals surface area contributed by atoms with E-state index in [0.717, 1.165) is 11.4 Å². The van der Waals surface area contributed by atoms with Gasteiger partial charge in [0, 0.05) is 11.5 Å². The van der Waals surface area contributed by atoms with E-state index in [1.54, 1.807) is 24.3 Å². The lowest BCUT2D eigenvalue weighted by molar-refractivity contribution is 0.0955. The highest BCUT2D eigenvalue weighted by Crippen LogP contribution is 2.47. The average molecular weight is 336 g/mol. The summed E-state index contributed by atoms with van der Waals surface area (Å²) < 4.78 is 7.21. The van der Waals surface area contributed by atoms with Gasteiger partial charge in [-0.1, -0.05) is 6.92 Å². The van der Waals surface area contributed by atoms with Crippen LogP contribution in [-0.2, 0) is 0 Å². The first-order valence-corrected chi connectivity index (χ1v) is 7.97. The number of nitrogens with zero attached hydrogens (tertiary/aromatic N) is 5. The predicted molar refractivity (Wildman–Crippen MR) is 89.4 cm³/mol. The minimum atomic E-state index is -0.304. The van der Waals surface area contributed by atoms with Crippen LogP contribution in [0.1, 0.15) is 41.1 Å². The monoisotopic (exact) mass is 336 g/mol. The van der Waals surface area contributed by atoms with Crippen molar-refractivity contribution >= 4 is 12.1 Å². The molecule has 0 saturated heterocycles. The van der Waals surface area contributed by atoms with Crippen molar-refractivity contribution in [3.05, 3.63) is 59.8 Å². The van der Waals surface area contributed by atoms with Crippen LogP contribution in [0, 0.1) is 5.92 Å². The summed E-state index contributed by atoms with van der Waals surface area (Å²) >= 11 is 0. The highest BCUT2D eigenvalue weighted by Gasteiger charge is 2.36. The fraction of sp³-hybridized carbons (Fsp3) is 0.235. The van der Waals surface area contributed by atoms with Crippen molar-refractivity contribution in [2.75, 3.05) is 0 Å². The minimum Gasteiger partial charge on any atom is -0.460 e. The molecule has 2 atom stereocenters. The van der Waals surface area contributed by atoms with Gasteiger partial charge in [0.05, 0.1) is 11.9 Å². The van der Waals surface area contributed by atoms with E-state index in [0.29, 0.717) is 23.2 Å². The Hall–Kier alpha value is -3.29. The molecule has 0 aliphatic heterocycles. The standard InChI is InChI=1S/C17H16N6O2/c1-11-8-15(11)16-7-6-14(25-16)9-18-20-17(24)12-2-4-13(5-3-12)23-10-19-21-22-23/h2-7,9-11,15H,8H2,1H3,(H,20,24)/b18-9-/t11-,15+/m0/s1. The number of hydrazone groups is 1. The number of benzene rings is 1. The van der Waals surface area contributed by atoms with E-state index >= 15 is 0 Å². The van der Waals surface area contributed by atoms with Gasteiger partial charge in [-0.25, -0.2) is 10.1 Å². The minimum absolute atomic E-state index is 0.304. The van der Waals surface area contributed by atoms with Crippen LogP contribution in [0.3, 0.4) is 0 Å². The molecule has 1 N–H and O–H groups in total. The Labute approximate surface area is 143 Å². The van der Waals surface area contributed by atoms with E-state index in [1.165, 1.54) is 23.6 Å². The van der Waals surface area contributed by atoms with E-state index in [2.05, 4.69) is 33.0 Å². The molecule has 1 saturated carbocycles. The Bertz CT molecular complexity index is 898. The maximum absolute atomic E-state index is 12.1. The molecule has 2 aromatic heterocycles. The van der Waals surface area contributed by atoms with Crippen LogP contribution in [0.25, 0.3) is 5.69 Å². The zero-order valence-electron chi connectivity index (χ0n) is 13.5. The number of nitrogens with one attached hydrogen (secondary N) is 1. The Morgan fingerprint density at radius 3 is 2.80 bits per heavy atom. The number of tetrazole rings is 1. The lowest BCUT2D eigenvalue weighted by Gasteiger charge is -2.02. The second-order valence-electron chi connectivity index (χ2n) is 6.06. The Morgan fingerprint density at radius 2 is 2.12 bits per heavy atom. The molecule has 1 aliphatic carbocycles. The van der Waals surface area contributed by atoms with Crippen molar-refractivity contribution in [3.63, 3.8) is 0 Å². The summed E-state index contributed by atoms with van der Waals surface area (Å²) in [6.45, 7) is 2.20. The normalized spacial score (nSPS) is 19.2. The smallest absolute Gasteiger partial charge is 0.271 e. The third-order valence-corrected chi connectivity index (χ3v) is 4.22. The van der Waals surface area contributed by atoms with Crippen molar-refractivity contribution in [2.24, 2.45) is 11.0 Å².